The number of carbonyl (C=O) groups excluding carboxylic acids is 1. The van der Waals surface area contributed by atoms with Gasteiger partial charge in [0.1, 0.15) is 34.5 Å². The first-order chi connectivity index (χ1) is 17.9. The van der Waals surface area contributed by atoms with Gasteiger partial charge in [-0.2, -0.15) is 4.68 Å². The van der Waals surface area contributed by atoms with Crippen LogP contribution in [-0.4, -0.2) is 33.7 Å². The zero-order valence-corrected chi connectivity index (χ0v) is 20.2. The van der Waals surface area contributed by atoms with E-state index < -0.39 is 46.5 Å². The van der Waals surface area contributed by atoms with Gasteiger partial charge in [-0.1, -0.05) is 11.6 Å². The number of aromatic nitrogens is 3. The van der Waals surface area contributed by atoms with E-state index >= 15 is 8.78 Å². The largest absolute Gasteiger partial charge is 0.573 e. The predicted molar refractivity (Wildman–Crippen MR) is 127 cm³/mol. The minimum Gasteiger partial charge on any atom is -0.497 e. The van der Waals surface area contributed by atoms with Gasteiger partial charge in [-0.25, -0.2) is 13.8 Å². The smallest absolute Gasteiger partial charge is 0.497 e. The number of carbonyl (C=O) groups is 1. The van der Waals surface area contributed by atoms with Crippen LogP contribution in [0.2, 0.25) is 5.02 Å². The second-order valence-corrected chi connectivity index (χ2v) is 8.07. The van der Waals surface area contributed by atoms with Crippen LogP contribution in [0.3, 0.4) is 0 Å². The number of ether oxygens (including phenoxy) is 2. The minimum absolute atomic E-state index is 0.0237. The molecular weight excluding hydrogens is 539 g/mol. The molecule has 2 aromatic heterocycles. The van der Waals surface area contributed by atoms with Crippen LogP contribution in [0.1, 0.15) is 10.4 Å². The first kappa shape index (κ1) is 26.7. The Labute approximate surface area is 215 Å². The summed E-state index contributed by atoms with van der Waals surface area (Å²) in [7, 11) is 2.50. The van der Waals surface area contributed by atoms with Crippen LogP contribution in [0.15, 0.2) is 59.5 Å². The summed E-state index contributed by atoms with van der Waals surface area (Å²) < 4.78 is 78.1. The van der Waals surface area contributed by atoms with Gasteiger partial charge in [-0.3, -0.25) is 14.3 Å². The lowest BCUT2D eigenvalue weighted by Gasteiger charge is -2.13. The summed E-state index contributed by atoms with van der Waals surface area (Å²) in [6, 6.07) is 8.52. The number of nitrogens with one attached hydrogen (secondary N) is 1. The fraction of sp³-hybridized carbons (Fsp3) is 0.125. The number of rotatable bonds is 6. The Morgan fingerprint density at radius 2 is 1.68 bits per heavy atom. The molecule has 0 unspecified atom stereocenters. The van der Waals surface area contributed by atoms with Crippen molar-refractivity contribution < 1.29 is 36.2 Å². The van der Waals surface area contributed by atoms with E-state index in [0.29, 0.717) is 0 Å². The van der Waals surface area contributed by atoms with Gasteiger partial charge in [-0.05, 0) is 36.4 Å². The Balaban J connectivity index is 1.86. The Kier molecular flexibility index (Phi) is 7.14. The summed E-state index contributed by atoms with van der Waals surface area (Å²) in [5, 5.41) is 2.33. The molecular formula is C24H16ClF5N4O4. The molecule has 2 heterocycles. The van der Waals surface area contributed by atoms with Gasteiger partial charge >= 0.3 is 6.36 Å². The second kappa shape index (κ2) is 10.2. The quantitative estimate of drug-likeness (QED) is 0.326. The molecule has 0 bridgehead atoms. The van der Waals surface area contributed by atoms with Crippen molar-refractivity contribution >= 4 is 23.2 Å². The number of anilines is 1. The molecule has 2 aromatic carbocycles. The van der Waals surface area contributed by atoms with E-state index in [9.17, 15) is 22.8 Å². The van der Waals surface area contributed by atoms with E-state index in [4.69, 9.17) is 16.3 Å². The molecule has 0 aliphatic carbocycles. The number of amides is 1. The summed E-state index contributed by atoms with van der Waals surface area (Å²) in [6.45, 7) is 0. The first-order valence-corrected chi connectivity index (χ1v) is 10.9. The van der Waals surface area contributed by atoms with Gasteiger partial charge in [0.15, 0.2) is 5.82 Å². The molecule has 1 amide bonds. The molecule has 4 aromatic rings. The van der Waals surface area contributed by atoms with Gasteiger partial charge in [-0.15, -0.1) is 13.2 Å². The lowest BCUT2D eigenvalue weighted by molar-refractivity contribution is -0.274. The van der Waals surface area contributed by atoms with Crippen LogP contribution in [-0.2, 0) is 7.05 Å². The molecule has 198 valence electrons. The summed E-state index contributed by atoms with van der Waals surface area (Å²) >= 11 is 6.20. The molecule has 0 saturated heterocycles. The number of nitrogens with zero attached hydrogens (tertiary/aromatic N) is 3. The van der Waals surface area contributed by atoms with Crippen molar-refractivity contribution in [1.29, 1.82) is 0 Å². The number of hydrogen-bond donors (Lipinski definition) is 1. The third-order valence-corrected chi connectivity index (χ3v) is 5.58. The molecule has 0 fully saturated rings. The number of alkyl halides is 3. The Morgan fingerprint density at radius 1 is 1.05 bits per heavy atom. The number of methoxy groups -OCH3 is 1. The van der Waals surface area contributed by atoms with Crippen molar-refractivity contribution in [2.24, 2.45) is 7.05 Å². The highest BCUT2D eigenvalue weighted by Crippen LogP contribution is 2.34. The average molecular weight is 555 g/mol. The maximum absolute atomic E-state index is 15.1. The highest BCUT2D eigenvalue weighted by molar-refractivity contribution is 6.32. The molecule has 0 aliphatic rings. The van der Waals surface area contributed by atoms with E-state index in [0.717, 1.165) is 45.8 Å². The summed E-state index contributed by atoms with van der Waals surface area (Å²) in [5.41, 5.74) is -2.70. The van der Waals surface area contributed by atoms with Crippen molar-refractivity contribution in [3.05, 3.63) is 87.3 Å². The molecule has 0 radical (unpaired) electrons. The van der Waals surface area contributed by atoms with Crippen LogP contribution in [0.5, 0.6) is 11.5 Å². The lowest BCUT2D eigenvalue weighted by Crippen LogP contribution is -2.24. The maximum atomic E-state index is 15.1. The number of halogens is 6. The fourth-order valence-electron chi connectivity index (χ4n) is 3.66. The van der Waals surface area contributed by atoms with Crippen molar-refractivity contribution in [1.82, 2.24) is 14.3 Å². The van der Waals surface area contributed by atoms with Crippen molar-refractivity contribution in [2.45, 2.75) is 6.36 Å². The standard InChI is InChI=1S/C24H16ClF5N4O4/c1-33-20(18-16(26)10-14(37-2)11-17(18)27)19(23(36)34(33)21-15(25)4-3-9-31-21)32-22(35)12-5-7-13(8-6-12)38-24(28,29)30/h3-11H,1-2H3,(H,32,35). The highest BCUT2D eigenvalue weighted by atomic mass is 35.5. The molecule has 1 N–H and O–H groups in total. The third-order valence-electron chi connectivity index (χ3n) is 5.28. The fourth-order valence-corrected chi connectivity index (χ4v) is 3.87. The van der Waals surface area contributed by atoms with Gasteiger partial charge in [0.05, 0.1) is 17.7 Å². The molecule has 0 saturated carbocycles. The van der Waals surface area contributed by atoms with E-state index in [2.05, 4.69) is 15.0 Å². The van der Waals surface area contributed by atoms with Gasteiger partial charge < -0.3 is 14.8 Å². The highest BCUT2D eigenvalue weighted by Gasteiger charge is 2.31. The number of benzene rings is 2. The lowest BCUT2D eigenvalue weighted by atomic mass is 10.1. The Bertz CT molecular complexity index is 1560. The summed E-state index contributed by atoms with van der Waals surface area (Å²) in [6.07, 6.45) is -3.61. The van der Waals surface area contributed by atoms with Gasteiger partial charge in [0, 0.05) is 30.9 Å². The zero-order valence-electron chi connectivity index (χ0n) is 19.4. The van der Waals surface area contributed by atoms with Crippen LogP contribution >= 0.6 is 11.6 Å². The molecule has 0 aliphatic heterocycles. The van der Waals surface area contributed by atoms with Crippen molar-refractivity contribution in [3.8, 4) is 28.6 Å². The predicted octanol–water partition coefficient (Wildman–Crippen LogP) is 5.33. The Morgan fingerprint density at radius 3 is 2.24 bits per heavy atom. The molecule has 4 rings (SSSR count). The monoisotopic (exact) mass is 554 g/mol. The molecule has 0 spiro atoms. The first-order valence-electron chi connectivity index (χ1n) is 10.5. The normalized spacial score (nSPS) is 11.4. The average Bonchev–Trinajstić information content (AvgIpc) is 3.07. The maximum Gasteiger partial charge on any atom is 0.573 e. The van der Waals surface area contributed by atoms with Gasteiger partial charge in [0.25, 0.3) is 11.5 Å². The summed E-state index contributed by atoms with van der Waals surface area (Å²) in [4.78, 5) is 30.5. The SMILES string of the molecule is COc1cc(F)c(-c2c(NC(=O)c3ccc(OC(F)(F)F)cc3)c(=O)n(-c3ncccc3Cl)n2C)c(F)c1. The van der Waals surface area contributed by atoms with Crippen LogP contribution < -0.4 is 20.3 Å². The molecule has 8 nitrogen and oxygen atoms in total. The topological polar surface area (TPSA) is 87.4 Å². The van der Waals surface area contributed by atoms with Crippen molar-refractivity contribution in [3.63, 3.8) is 0 Å². The molecule has 14 heteroatoms. The number of hydrogen-bond acceptors (Lipinski definition) is 5. The van der Waals surface area contributed by atoms with E-state index in [-0.39, 0.29) is 27.8 Å². The van der Waals surface area contributed by atoms with E-state index in [1.807, 2.05) is 0 Å². The number of pyridine rings is 1. The van der Waals surface area contributed by atoms with Crippen LogP contribution in [0.4, 0.5) is 27.6 Å². The Hall–Kier alpha value is -4.39. The summed E-state index contributed by atoms with van der Waals surface area (Å²) in [5.74, 6) is -3.97. The van der Waals surface area contributed by atoms with Crippen LogP contribution in [0, 0.1) is 11.6 Å². The molecule has 0 atom stereocenters. The zero-order chi connectivity index (χ0) is 27.8. The van der Waals surface area contributed by atoms with E-state index in [1.165, 1.54) is 32.5 Å². The van der Waals surface area contributed by atoms with Gasteiger partial charge in [0.2, 0.25) is 0 Å². The second-order valence-electron chi connectivity index (χ2n) is 7.67. The van der Waals surface area contributed by atoms with E-state index in [1.54, 1.807) is 0 Å². The third kappa shape index (κ3) is 5.18. The minimum atomic E-state index is -4.94. The van der Waals surface area contributed by atoms with Crippen LogP contribution in [0.25, 0.3) is 17.1 Å². The molecule has 38 heavy (non-hydrogen) atoms. The van der Waals surface area contributed by atoms with Crippen molar-refractivity contribution in [2.75, 3.05) is 12.4 Å².